The molecule has 0 radical (unpaired) electrons. The summed E-state index contributed by atoms with van der Waals surface area (Å²) in [5, 5.41) is 10.3. The fourth-order valence-corrected chi connectivity index (χ4v) is 3.55. The van der Waals surface area contributed by atoms with Gasteiger partial charge in [0.25, 0.3) is 0 Å². The van der Waals surface area contributed by atoms with E-state index in [1.54, 1.807) is 0 Å². The van der Waals surface area contributed by atoms with Crippen molar-refractivity contribution in [2.45, 2.75) is 19.9 Å². The lowest BCUT2D eigenvalue weighted by atomic mass is 9.92. The minimum atomic E-state index is -0.581. The summed E-state index contributed by atoms with van der Waals surface area (Å²) < 4.78 is 0. The van der Waals surface area contributed by atoms with Crippen LogP contribution in [0, 0.1) is 19.8 Å². The van der Waals surface area contributed by atoms with Gasteiger partial charge >= 0.3 is 6.03 Å². The minimum Gasteiger partial charge on any atom is -0.329 e. The van der Waals surface area contributed by atoms with Crippen LogP contribution in [0.2, 0.25) is 0 Å². The zero-order valence-corrected chi connectivity index (χ0v) is 14.4. The average Bonchev–Trinajstić information content (AvgIpc) is 3.04. The van der Waals surface area contributed by atoms with E-state index in [4.69, 9.17) is 0 Å². The summed E-state index contributed by atoms with van der Waals surface area (Å²) in [7, 11) is 0. The predicted octanol–water partition coefficient (Wildman–Crippen LogP) is 3.49. The molecule has 0 spiro atoms. The number of urea groups is 1. The molecule has 1 aromatic carbocycles. The monoisotopic (exact) mass is 341 g/mol. The quantitative estimate of drug-likeness (QED) is 0.800. The van der Waals surface area contributed by atoms with E-state index in [-0.39, 0.29) is 11.9 Å². The first-order chi connectivity index (χ1) is 11.5. The van der Waals surface area contributed by atoms with Crippen LogP contribution in [0.3, 0.4) is 0 Å². The molecule has 1 aliphatic rings. The highest BCUT2D eigenvalue weighted by Gasteiger charge is 2.38. The van der Waals surface area contributed by atoms with Gasteiger partial charge in [0.1, 0.15) is 5.92 Å². The van der Waals surface area contributed by atoms with Crippen LogP contribution < -0.4 is 16.0 Å². The molecule has 1 saturated heterocycles. The van der Waals surface area contributed by atoms with E-state index in [2.05, 4.69) is 22.5 Å². The molecule has 2 atom stereocenters. The van der Waals surface area contributed by atoms with Crippen molar-refractivity contribution < 1.29 is 9.59 Å². The van der Waals surface area contributed by atoms with Gasteiger partial charge in [-0.3, -0.25) is 4.79 Å². The number of hydrogen-bond acceptors (Lipinski definition) is 3. The highest BCUT2D eigenvalue weighted by molar-refractivity contribution is 7.10. The van der Waals surface area contributed by atoms with Gasteiger partial charge in [-0.1, -0.05) is 18.7 Å². The first-order valence-electron chi connectivity index (χ1n) is 7.63. The van der Waals surface area contributed by atoms with Crippen LogP contribution in [0.4, 0.5) is 10.5 Å². The van der Waals surface area contributed by atoms with Crippen LogP contribution in [-0.4, -0.2) is 11.9 Å². The third kappa shape index (κ3) is 3.19. The third-order valence-corrected chi connectivity index (χ3v) is 5.13. The molecule has 3 N–H and O–H groups in total. The number of thiophene rings is 1. The Labute approximate surface area is 144 Å². The van der Waals surface area contributed by atoms with Crippen molar-refractivity contribution in [3.63, 3.8) is 0 Å². The number of aryl methyl sites for hydroxylation is 2. The summed E-state index contributed by atoms with van der Waals surface area (Å²) in [5.41, 5.74) is 3.41. The Morgan fingerprint density at radius 2 is 2.04 bits per heavy atom. The second-order valence-electron chi connectivity index (χ2n) is 5.88. The Morgan fingerprint density at radius 1 is 1.25 bits per heavy atom. The van der Waals surface area contributed by atoms with E-state index in [9.17, 15) is 9.59 Å². The normalized spacial score (nSPS) is 20.2. The molecule has 6 heteroatoms. The van der Waals surface area contributed by atoms with Gasteiger partial charge in [0.2, 0.25) is 5.91 Å². The molecule has 124 valence electrons. The van der Waals surface area contributed by atoms with E-state index in [0.29, 0.717) is 5.70 Å². The van der Waals surface area contributed by atoms with Gasteiger partial charge in [0.15, 0.2) is 0 Å². The molecule has 24 heavy (non-hydrogen) atoms. The van der Waals surface area contributed by atoms with Gasteiger partial charge < -0.3 is 16.0 Å². The fourth-order valence-electron chi connectivity index (χ4n) is 2.74. The number of hydrogen-bond donors (Lipinski definition) is 3. The number of rotatable bonds is 3. The van der Waals surface area contributed by atoms with Gasteiger partial charge in [-0.15, -0.1) is 11.3 Å². The van der Waals surface area contributed by atoms with Crippen LogP contribution in [0.25, 0.3) is 0 Å². The highest BCUT2D eigenvalue weighted by atomic mass is 32.1. The molecule has 2 aromatic rings. The van der Waals surface area contributed by atoms with Gasteiger partial charge in [-0.25, -0.2) is 4.79 Å². The molecule has 2 heterocycles. The number of carbonyl (C=O) groups is 2. The molecule has 0 unspecified atom stereocenters. The van der Waals surface area contributed by atoms with Gasteiger partial charge in [0.05, 0.1) is 6.04 Å². The largest absolute Gasteiger partial charge is 0.329 e. The summed E-state index contributed by atoms with van der Waals surface area (Å²) in [6.45, 7) is 7.90. The van der Waals surface area contributed by atoms with Gasteiger partial charge in [-0.2, -0.15) is 0 Å². The van der Waals surface area contributed by atoms with Crippen LogP contribution in [0.5, 0.6) is 0 Å². The van der Waals surface area contributed by atoms with Crippen LogP contribution in [0.15, 0.2) is 48.0 Å². The lowest BCUT2D eigenvalue weighted by Gasteiger charge is -2.33. The van der Waals surface area contributed by atoms with Crippen molar-refractivity contribution in [2.24, 2.45) is 5.92 Å². The minimum absolute atomic E-state index is 0.200. The molecule has 3 rings (SSSR count). The number of anilines is 1. The summed E-state index contributed by atoms with van der Waals surface area (Å²) in [6, 6.07) is 8.83. The summed E-state index contributed by atoms with van der Waals surface area (Å²) in [4.78, 5) is 25.5. The van der Waals surface area contributed by atoms with Crippen molar-refractivity contribution in [2.75, 3.05) is 5.32 Å². The van der Waals surface area contributed by atoms with E-state index >= 15 is 0 Å². The zero-order chi connectivity index (χ0) is 17.3. The first kappa shape index (κ1) is 16.3. The standard InChI is InChI=1S/C18H19N3O2S/c1-10-6-7-13(9-11(10)2)20-17(22)15-12(3)19-18(23)21-16(15)14-5-4-8-24-14/h4-9,15-16H,3H2,1-2H3,(H,20,22)(H2,19,21,23)/t15-,16-/m0/s1. The molecular weight excluding hydrogens is 322 g/mol. The predicted molar refractivity (Wildman–Crippen MR) is 95.9 cm³/mol. The lowest BCUT2D eigenvalue weighted by Crippen LogP contribution is -2.51. The average molecular weight is 341 g/mol. The highest BCUT2D eigenvalue weighted by Crippen LogP contribution is 2.33. The second kappa shape index (κ2) is 6.49. The molecule has 1 aliphatic heterocycles. The number of benzene rings is 1. The molecular formula is C18H19N3O2S. The van der Waals surface area contributed by atoms with Crippen molar-refractivity contribution >= 4 is 29.0 Å². The van der Waals surface area contributed by atoms with Crippen molar-refractivity contribution in [3.8, 4) is 0 Å². The fraction of sp³-hybridized carbons (Fsp3) is 0.222. The Kier molecular flexibility index (Phi) is 4.40. The maximum atomic E-state index is 12.8. The molecule has 0 saturated carbocycles. The third-order valence-electron chi connectivity index (χ3n) is 4.18. The van der Waals surface area contributed by atoms with Gasteiger partial charge in [0, 0.05) is 16.3 Å². The maximum Gasteiger partial charge on any atom is 0.319 e. The first-order valence-corrected chi connectivity index (χ1v) is 8.51. The van der Waals surface area contributed by atoms with Crippen LogP contribution in [-0.2, 0) is 4.79 Å². The summed E-state index contributed by atoms with van der Waals surface area (Å²) >= 11 is 1.50. The molecule has 1 aromatic heterocycles. The van der Waals surface area contributed by atoms with E-state index in [1.165, 1.54) is 16.9 Å². The van der Waals surface area contributed by atoms with Crippen LogP contribution >= 0.6 is 11.3 Å². The van der Waals surface area contributed by atoms with Crippen molar-refractivity contribution in [3.05, 3.63) is 64.0 Å². The summed E-state index contributed by atoms with van der Waals surface area (Å²) in [5.74, 6) is -0.780. The Bertz CT molecular complexity index is 799. The molecule has 1 fully saturated rings. The number of amides is 3. The maximum absolute atomic E-state index is 12.8. The SMILES string of the molecule is C=C1NC(=O)N[C@@H](c2cccs2)[C@H]1C(=O)Nc1ccc(C)c(C)c1. The van der Waals surface area contributed by atoms with E-state index < -0.39 is 12.0 Å². The van der Waals surface area contributed by atoms with Crippen LogP contribution in [0.1, 0.15) is 22.0 Å². The smallest absolute Gasteiger partial charge is 0.319 e. The van der Waals surface area contributed by atoms with Gasteiger partial charge in [-0.05, 0) is 48.6 Å². The Hall–Kier alpha value is -2.60. The summed E-state index contributed by atoms with van der Waals surface area (Å²) in [6.07, 6.45) is 0. The van der Waals surface area contributed by atoms with E-state index in [0.717, 1.165) is 16.1 Å². The second-order valence-corrected chi connectivity index (χ2v) is 6.86. The van der Waals surface area contributed by atoms with Crippen molar-refractivity contribution in [1.82, 2.24) is 10.6 Å². The van der Waals surface area contributed by atoms with E-state index in [1.807, 2.05) is 49.6 Å². The zero-order valence-electron chi connectivity index (χ0n) is 13.6. The Balaban J connectivity index is 1.86. The lowest BCUT2D eigenvalue weighted by molar-refractivity contribution is -0.119. The molecule has 0 aliphatic carbocycles. The topological polar surface area (TPSA) is 70.2 Å². The molecule has 3 amide bonds. The van der Waals surface area contributed by atoms with Crippen molar-refractivity contribution in [1.29, 1.82) is 0 Å². The number of nitrogens with one attached hydrogen (secondary N) is 3. The molecule has 0 bridgehead atoms. The Morgan fingerprint density at radius 3 is 2.71 bits per heavy atom. The number of carbonyl (C=O) groups excluding carboxylic acids is 2. The molecule has 5 nitrogen and oxygen atoms in total.